The largest absolute Gasteiger partial charge is 0.444 e. The summed E-state index contributed by atoms with van der Waals surface area (Å²) in [4.78, 5) is 42.4. The lowest BCUT2D eigenvalue weighted by Crippen LogP contribution is -2.54. The van der Waals surface area contributed by atoms with Crippen LogP contribution in [0.2, 0.25) is 0 Å². The van der Waals surface area contributed by atoms with Gasteiger partial charge in [0.1, 0.15) is 17.7 Å². The minimum Gasteiger partial charge on any atom is -0.444 e. The molecule has 0 aromatic heterocycles. The summed E-state index contributed by atoms with van der Waals surface area (Å²) in [6.45, 7) is 19.2. The number of nitrogens with zero attached hydrogens (tertiary/aromatic N) is 1. The predicted octanol–water partition coefficient (Wildman–Crippen LogP) is 6.39. The van der Waals surface area contributed by atoms with E-state index in [1.165, 1.54) is 0 Å². The van der Waals surface area contributed by atoms with Crippen LogP contribution in [0.1, 0.15) is 81.8 Å². The van der Waals surface area contributed by atoms with Gasteiger partial charge in [-0.05, 0) is 77.5 Å². The number of benzene rings is 2. The van der Waals surface area contributed by atoms with Gasteiger partial charge in [-0.2, -0.15) is 0 Å². The number of alkyl carbamates (subject to hydrolysis) is 1. The summed E-state index contributed by atoms with van der Waals surface area (Å²) in [5.41, 5.74) is 4.65. The first-order chi connectivity index (χ1) is 17.6. The van der Waals surface area contributed by atoms with Crippen molar-refractivity contribution >= 4 is 23.6 Å². The van der Waals surface area contributed by atoms with E-state index in [2.05, 4.69) is 10.6 Å². The second-order valence-electron chi connectivity index (χ2n) is 11.5. The molecule has 2 aromatic carbocycles. The summed E-state index contributed by atoms with van der Waals surface area (Å²) < 4.78 is 5.44. The Balaban J connectivity index is 2.58. The van der Waals surface area contributed by atoms with Gasteiger partial charge in [0.2, 0.25) is 5.91 Å². The van der Waals surface area contributed by atoms with Crippen molar-refractivity contribution in [3.63, 3.8) is 0 Å². The number of para-hydroxylation sites is 1. The van der Waals surface area contributed by atoms with E-state index < -0.39 is 23.8 Å². The van der Waals surface area contributed by atoms with Crippen LogP contribution in [0.5, 0.6) is 0 Å². The fraction of sp³-hybridized carbons (Fsp3) is 0.516. The summed E-state index contributed by atoms with van der Waals surface area (Å²) >= 11 is 0. The molecule has 7 nitrogen and oxygen atoms in total. The van der Waals surface area contributed by atoms with Crippen LogP contribution in [-0.4, -0.2) is 41.0 Å². The second-order valence-corrected chi connectivity index (χ2v) is 11.5. The lowest BCUT2D eigenvalue weighted by Gasteiger charge is -2.36. The average molecular weight is 524 g/mol. The molecule has 2 N–H and O–H groups in total. The lowest BCUT2D eigenvalue weighted by molar-refractivity contribution is -0.141. The van der Waals surface area contributed by atoms with Crippen LogP contribution < -0.4 is 10.6 Å². The predicted molar refractivity (Wildman–Crippen MR) is 153 cm³/mol. The highest BCUT2D eigenvalue weighted by Gasteiger charge is 2.37. The highest BCUT2D eigenvalue weighted by molar-refractivity contribution is 6.00. The molecule has 0 saturated carbocycles. The summed E-state index contributed by atoms with van der Waals surface area (Å²) in [5, 5.41) is 5.87. The highest BCUT2D eigenvalue weighted by atomic mass is 16.6. The fourth-order valence-electron chi connectivity index (χ4n) is 4.58. The van der Waals surface area contributed by atoms with Crippen LogP contribution in [0.15, 0.2) is 36.4 Å². The van der Waals surface area contributed by atoms with Gasteiger partial charge < -0.3 is 20.3 Å². The first kappa shape index (κ1) is 30.9. The Bertz CT molecular complexity index is 1110. The maximum Gasteiger partial charge on any atom is 0.408 e. The van der Waals surface area contributed by atoms with Crippen LogP contribution in [0, 0.1) is 33.6 Å². The monoisotopic (exact) mass is 523 g/mol. The molecular weight excluding hydrogens is 478 g/mol. The molecule has 38 heavy (non-hydrogen) atoms. The van der Waals surface area contributed by atoms with Gasteiger partial charge in [0.05, 0.1) is 0 Å². The number of carbonyl (C=O) groups is 3. The molecule has 0 radical (unpaired) electrons. The molecule has 0 heterocycles. The summed E-state index contributed by atoms with van der Waals surface area (Å²) in [6.07, 6.45) is -0.0232. The average Bonchev–Trinajstić information content (AvgIpc) is 2.77. The van der Waals surface area contributed by atoms with Crippen LogP contribution in [0.3, 0.4) is 0 Å². The summed E-state index contributed by atoms with van der Waals surface area (Å²) in [7, 11) is 0. The van der Waals surface area contributed by atoms with Gasteiger partial charge in [0.25, 0.3) is 5.91 Å². The van der Waals surface area contributed by atoms with Crippen LogP contribution in [0.25, 0.3) is 0 Å². The Morgan fingerprint density at radius 3 is 1.97 bits per heavy atom. The molecule has 0 spiro atoms. The Hall–Kier alpha value is -3.35. The third kappa shape index (κ3) is 8.33. The van der Waals surface area contributed by atoms with Crippen molar-refractivity contribution in [1.82, 2.24) is 10.2 Å². The topological polar surface area (TPSA) is 87.7 Å². The number of anilines is 1. The van der Waals surface area contributed by atoms with Gasteiger partial charge in [-0.3, -0.25) is 9.59 Å². The van der Waals surface area contributed by atoms with Crippen molar-refractivity contribution in [3.05, 3.63) is 64.2 Å². The number of hydrogen-bond acceptors (Lipinski definition) is 4. The number of nitrogens with one attached hydrogen (secondary N) is 2. The maximum atomic E-state index is 14.1. The van der Waals surface area contributed by atoms with Gasteiger partial charge in [-0.25, -0.2) is 4.79 Å². The zero-order chi connectivity index (χ0) is 28.8. The number of hydrogen-bond donors (Lipinski definition) is 2. The third-order valence-electron chi connectivity index (χ3n) is 6.20. The van der Waals surface area contributed by atoms with E-state index >= 15 is 0 Å². The van der Waals surface area contributed by atoms with E-state index in [0.717, 1.165) is 33.5 Å². The molecule has 0 aliphatic rings. The summed E-state index contributed by atoms with van der Waals surface area (Å²) in [6, 6.07) is 10.0. The van der Waals surface area contributed by atoms with Gasteiger partial charge in [0.15, 0.2) is 0 Å². The van der Waals surface area contributed by atoms with Crippen molar-refractivity contribution in [1.29, 1.82) is 0 Å². The number of rotatable bonds is 9. The van der Waals surface area contributed by atoms with Crippen molar-refractivity contribution in [2.75, 3.05) is 11.9 Å². The molecule has 7 heteroatoms. The number of aryl methyl sites for hydroxylation is 4. The first-order valence-electron chi connectivity index (χ1n) is 13.4. The van der Waals surface area contributed by atoms with E-state index in [9.17, 15) is 14.4 Å². The van der Waals surface area contributed by atoms with Crippen LogP contribution in [-0.2, 0) is 14.3 Å². The number of carbonyl (C=O) groups excluding carboxylic acids is 3. The standard InChI is InChI=1S/C31H45N3O4/c1-11-15-34(29(36)25(19(2)3)33-30(37)38-31(8,9)10)27(24-17-20(4)16-21(5)18-24)28(35)32-26-22(6)13-12-14-23(26)7/h12-14,16-19,25,27H,11,15H2,1-10H3,(H,32,35)(H,33,37). The molecular formula is C31H45N3O4. The van der Waals surface area contributed by atoms with E-state index in [1.807, 2.05) is 84.9 Å². The third-order valence-corrected chi connectivity index (χ3v) is 6.20. The van der Waals surface area contributed by atoms with E-state index in [-0.39, 0.29) is 17.7 Å². The molecule has 3 amide bonds. The van der Waals surface area contributed by atoms with Gasteiger partial charge >= 0.3 is 6.09 Å². The van der Waals surface area contributed by atoms with Crippen molar-refractivity contribution < 1.29 is 19.1 Å². The molecule has 0 fully saturated rings. The molecule has 2 unspecified atom stereocenters. The lowest BCUT2D eigenvalue weighted by atomic mass is 9.96. The Kier molecular flexibility index (Phi) is 10.5. The SMILES string of the molecule is CCCN(C(=O)C(NC(=O)OC(C)(C)C)C(C)C)C(C(=O)Nc1c(C)cccc1C)c1cc(C)cc(C)c1. The van der Waals surface area contributed by atoms with Gasteiger partial charge in [0, 0.05) is 12.2 Å². The molecule has 208 valence electrons. The fourth-order valence-corrected chi connectivity index (χ4v) is 4.58. The van der Waals surface area contributed by atoms with Crippen molar-refractivity contribution in [3.8, 4) is 0 Å². The maximum absolute atomic E-state index is 14.1. The van der Waals surface area contributed by atoms with Gasteiger partial charge in [-0.1, -0.05) is 68.3 Å². The molecule has 2 rings (SSSR count). The quantitative estimate of drug-likeness (QED) is 0.399. The number of ether oxygens (including phenoxy) is 1. The second kappa shape index (κ2) is 12.9. The molecule has 0 aliphatic carbocycles. The zero-order valence-corrected chi connectivity index (χ0v) is 24.7. The number of amides is 3. The Morgan fingerprint density at radius 1 is 0.947 bits per heavy atom. The normalized spacial score (nSPS) is 13.0. The molecule has 2 aromatic rings. The Labute approximate surface area is 228 Å². The summed E-state index contributed by atoms with van der Waals surface area (Å²) in [5.74, 6) is -0.849. The van der Waals surface area contributed by atoms with E-state index in [1.54, 1.807) is 25.7 Å². The van der Waals surface area contributed by atoms with Crippen LogP contribution in [0.4, 0.5) is 10.5 Å². The van der Waals surface area contributed by atoms with Gasteiger partial charge in [-0.15, -0.1) is 0 Å². The van der Waals surface area contributed by atoms with Crippen molar-refractivity contribution in [2.45, 2.75) is 93.3 Å². The Morgan fingerprint density at radius 2 is 1.50 bits per heavy atom. The van der Waals surface area contributed by atoms with Crippen molar-refractivity contribution in [2.24, 2.45) is 5.92 Å². The molecule has 0 saturated heterocycles. The molecule has 0 bridgehead atoms. The van der Waals surface area contributed by atoms with Crippen LogP contribution >= 0.6 is 0 Å². The zero-order valence-electron chi connectivity index (χ0n) is 24.7. The molecule has 2 atom stereocenters. The molecule has 0 aliphatic heterocycles. The minimum absolute atomic E-state index is 0.226. The minimum atomic E-state index is -0.887. The smallest absolute Gasteiger partial charge is 0.408 e. The highest BCUT2D eigenvalue weighted by Crippen LogP contribution is 2.29. The first-order valence-corrected chi connectivity index (χ1v) is 13.4. The van der Waals surface area contributed by atoms with E-state index in [4.69, 9.17) is 4.74 Å². The van der Waals surface area contributed by atoms with E-state index in [0.29, 0.717) is 13.0 Å².